The van der Waals surface area contributed by atoms with Crippen molar-refractivity contribution in [2.45, 2.75) is 246 Å². The molecule has 2 aromatic carbocycles. The van der Waals surface area contributed by atoms with Crippen LogP contribution < -0.4 is 14.4 Å². The van der Waals surface area contributed by atoms with Crippen LogP contribution in [0, 0.1) is 0 Å². The van der Waals surface area contributed by atoms with Crippen LogP contribution in [0.4, 0.5) is 11.4 Å². The molecule has 4 nitrogen and oxygen atoms in total. The van der Waals surface area contributed by atoms with Gasteiger partial charge in [0.05, 0.1) is 44.6 Å². The maximum absolute atomic E-state index is 6.68. The monoisotopic (exact) mass is 972 g/mol. The number of aromatic nitrogens is 2. The van der Waals surface area contributed by atoms with Gasteiger partial charge in [0.15, 0.2) is 11.0 Å². The molecule has 4 rings (SSSR count). The molecule has 0 fully saturated rings. The van der Waals surface area contributed by atoms with Crippen molar-refractivity contribution in [1.82, 2.24) is 4.57 Å². The van der Waals surface area contributed by atoms with Gasteiger partial charge in [0.25, 0.3) is 5.82 Å². The first-order valence-electron chi connectivity index (χ1n) is 27.2. The molecule has 0 aliphatic carbocycles. The number of benzene rings is 2. The average molecular weight is 974 g/mol. The molecule has 0 unspecified atom stereocenters. The smallest absolute Gasteiger partial charge is 0.282 e. The molecule has 0 spiro atoms. The molecule has 8 heteroatoms. The molecule has 0 atom stereocenters. The molecule has 2 heterocycles. The second-order valence-corrected chi connectivity index (χ2v) is 20.8. The van der Waals surface area contributed by atoms with E-state index in [-0.39, 0.29) is 0 Å². The van der Waals surface area contributed by atoms with E-state index in [1.54, 1.807) is 0 Å². The van der Waals surface area contributed by atoms with Gasteiger partial charge in [0, 0.05) is 31.3 Å². The SMILES string of the molecule is CCCCCCCCCCCCCCCCCCN1/C(=C\C=C\c2n(CC)c3cc(Cl)c(Cl)cc3[n+]2CCCCCCCCCCCCCCCCCC)N(CC)c2cc(Cl)c(Cl)cc21. The van der Waals surface area contributed by atoms with Crippen molar-refractivity contribution in [2.24, 2.45) is 0 Å². The van der Waals surface area contributed by atoms with Crippen molar-refractivity contribution in [3.63, 3.8) is 0 Å². The van der Waals surface area contributed by atoms with Crippen molar-refractivity contribution in [2.75, 3.05) is 22.9 Å². The Bertz CT molecular complexity index is 1810. The van der Waals surface area contributed by atoms with Crippen LogP contribution >= 0.6 is 46.4 Å². The predicted octanol–water partition coefficient (Wildman–Crippen LogP) is 20.3. The van der Waals surface area contributed by atoms with Gasteiger partial charge in [-0.3, -0.25) is 0 Å². The second kappa shape index (κ2) is 33.6. The number of anilines is 2. The number of rotatable bonds is 38. The van der Waals surface area contributed by atoms with Crippen LogP contribution in [0.15, 0.2) is 42.2 Å². The molecule has 0 bridgehead atoms. The Morgan fingerprint density at radius 2 is 0.815 bits per heavy atom. The normalized spacial score (nSPS) is 13.5. The van der Waals surface area contributed by atoms with Crippen molar-refractivity contribution in [1.29, 1.82) is 0 Å². The van der Waals surface area contributed by atoms with Gasteiger partial charge in [0.1, 0.15) is 5.82 Å². The van der Waals surface area contributed by atoms with Gasteiger partial charge in [-0.2, -0.15) is 0 Å². The van der Waals surface area contributed by atoms with E-state index in [9.17, 15) is 0 Å². The van der Waals surface area contributed by atoms with Crippen molar-refractivity contribution >= 4 is 74.9 Å². The maximum Gasteiger partial charge on any atom is 0.282 e. The van der Waals surface area contributed by atoms with E-state index in [1.165, 1.54) is 204 Å². The Morgan fingerprint density at radius 1 is 0.431 bits per heavy atom. The summed E-state index contributed by atoms with van der Waals surface area (Å²) in [5.41, 5.74) is 4.55. The lowest BCUT2D eigenvalue weighted by Crippen LogP contribution is -2.36. The third-order valence-corrected chi connectivity index (χ3v) is 15.3. The molecule has 1 aliphatic heterocycles. The van der Waals surface area contributed by atoms with Crippen molar-refractivity contribution in [3.05, 3.63) is 68.2 Å². The Morgan fingerprint density at radius 3 is 1.25 bits per heavy atom. The lowest BCUT2D eigenvalue weighted by atomic mass is 10.0. The van der Waals surface area contributed by atoms with Crippen LogP contribution in [-0.2, 0) is 13.1 Å². The number of hydrogen-bond donors (Lipinski definition) is 0. The van der Waals surface area contributed by atoms with Gasteiger partial charge in [-0.05, 0) is 51.3 Å². The third kappa shape index (κ3) is 19.2. The molecule has 3 aromatic rings. The average Bonchev–Trinajstić information content (AvgIpc) is 3.74. The van der Waals surface area contributed by atoms with E-state index in [0.717, 1.165) is 61.4 Å². The highest BCUT2D eigenvalue weighted by Gasteiger charge is 2.31. The van der Waals surface area contributed by atoms with E-state index < -0.39 is 0 Å². The van der Waals surface area contributed by atoms with Crippen LogP contribution in [0.3, 0.4) is 0 Å². The van der Waals surface area contributed by atoms with E-state index in [2.05, 4.69) is 77.0 Å². The summed E-state index contributed by atoms with van der Waals surface area (Å²) in [6.07, 6.45) is 50.6. The number of imidazole rings is 1. The largest absolute Gasteiger partial charge is 0.326 e. The molecule has 0 amide bonds. The molecule has 0 radical (unpaired) electrons. The van der Waals surface area contributed by atoms with E-state index in [1.807, 2.05) is 12.1 Å². The third-order valence-electron chi connectivity index (χ3n) is 13.9. The topological polar surface area (TPSA) is 15.3 Å². The fraction of sp³-hybridized carbons (Fsp3) is 0.702. The summed E-state index contributed by atoms with van der Waals surface area (Å²) >= 11 is 26.7. The van der Waals surface area contributed by atoms with E-state index >= 15 is 0 Å². The number of allylic oxidation sites excluding steroid dienone is 2. The number of unbranched alkanes of at least 4 members (excludes halogenated alkanes) is 30. The summed E-state index contributed by atoms with van der Waals surface area (Å²) in [5.74, 6) is 2.35. The molecule has 1 aliphatic rings. The first kappa shape index (κ1) is 55.7. The Hall–Kier alpha value is -1.85. The first-order valence-corrected chi connectivity index (χ1v) is 28.7. The molecule has 1 aromatic heterocycles. The fourth-order valence-corrected chi connectivity index (χ4v) is 10.7. The molecule has 65 heavy (non-hydrogen) atoms. The highest BCUT2D eigenvalue weighted by Crippen LogP contribution is 2.46. The number of fused-ring (bicyclic) bond motifs is 2. The van der Waals surface area contributed by atoms with Crippen molar-refractivity contribution < 1.29 is 4.57 Å². The zero-order valence-electron chi connectivity index (χ0n) is 41.8. The Labute approximate surface area is 418 Å². The molecule has 0 N–H and O–H groups in total. The van der Waals surface area contributed by atoms with Crippen LogP contribution in [0.5, 0.6) is 0 Å². The molecular formula is C57H91Cl4N4+. The first-order chi connectivity index (χ1) is 31.9. The van der Waals surface area contributed by atoms with Crippen LogP contribution in [-0.4, -0.2) is 17.7 Å². The predicted molar refractivity (Wildman–Crippen MR) is 291 cm³/mol. The van der Waals surface area contributed by atoms with Gasteiger partial charge < -0.3 is 9.80 Å². The highest BCUT2D eigenvalue weighted by atomic mass is 35.5. The summed E-state index contributed by atoms with van der Waals surface area (Å²) in [6, 6.07) is 8.21. The zero-order chi connectivity index (χ0) is 46.5. The van der Waals surface area contributed by atoms with Crippen molar-refractivity contribution in [3.8, 4) is 0 Å². The highest BCUT2D eigenvalue weighted by molar-refractivity contribution is 6.43. The lowest BCUT2D eigenvalue weighted by molar-refractivity contribution is -0.674. The van der Waals surface area contributed by atoms with Gasteiger partial charge in [-0.1, -0.05) is 253 Å². The Kier molecular flexibility index (Phi) is 28.8. The minimum atomic E-state index is 0.600. The van der Waals surface area contributed by atoms with Gasteiger partial charge in [-0.15, -0.1) is 0 Å². The molecular weight excluding hydrogens is 882 g/mol. The van der Waals surface area contributed by atoms with Crippen LogP contribution in [0.2, 0.25) is 20.1 Å². The minimum Gasteiger partial charge on any atom is -0.326 e. The quantitative estimate of drug-likeness (QED) is 0.0420. The maximum atomic E-state index is 6.68. The van der Waals surface area contributed by atoms with E-state index in [4.69, 9.17) is 46.4 Å². The summed E-state index contributed by atoms with van der Waals surface area (Å²) in [4.78, 5) is 4.85. The molecule has 0 saturated heterocycles. The zero-order valence-corrected chi connectivity index (χ0v) is 44.8. The summed E-state index contributed by atoms with van der Waals surface area (Å²) in [6.45, 7) is 12.6. The molecule has 366 valence electrons. The second-order valence-electron chi connectivity index (χ2n) is 19.2. The Balaban J connectivity index is 1.32. The molecule has 0 saturated carbocycles. The minimum absolute atomic E-state index is 0.600. The number of aryl methyl sites for hydroxylation is 2. The lowest BCUT2D eigenvalue weighted by Gasteiger charge is -2.24. The van der Waals surface area contributed by atoms with Gasteiger partial charge in [-0.25, -0.2) is 9.13 Å². The number of nitrogens with zero attached hydrogens (tertiary/aromatic N) is 4. The number of hydrogen-bond acceptors (Lipinski definition) is 2. The van der Waals surface area contributed by atoms with E-state index in [0.29, 0.717) is 20.1 Å². The van der Waals surface area contributed by atoms with Gasteiger partial charge >= 0.3 is 0 Å². The summed E-state index contributed by atoms with van der Waals surface area (Å²) in [7, 11) is 0. The number of halogens is 4. The van der Waals surface area contributed by atoms with Crippen LogP contribution in [0.25, 0.3) is 17.1 Å². The standard InChI is InChI=1S/C57H91Cl4N4/c1-5-9-11-13-15-17-19-21-23-25-27-29-31-33-35-37-42-64-54-46-50(60)48(58)44-52(54)62(7-3)56(64)40-39-41-57-63(8-4)53-45-49(59)51(61)47-55(53)65(57)43-38-36-34-32-30-28-26-24-22-20-18-16-14-12-10-6-2/h39-41,44-47H,5-38,42-43H2,1-4H3/q+1. The fourth-order valence-electron chi connectivity index (χ4n) is 10.1. The summed E-state index contributed by atoms with van der Waals surface area (Å²) < 4.78 is 4.85. The summed E-state index contributed by atoms with van der Waals surface area (Å²) in [5, 5.41) is 2.41. The van der Waals surface area contributed by atoms with Gasteiger partial charge in [0.2, 0.25) is 0 Å². The van der Waals surface area contributed by atoms with Crippen LogP contribution in [0.1, 0.15) is 239 Å².